The molecule has 5 nitrogen and oxygen atoms in total. The molecule has 2 aromatic rings. The number of hydrogen-bond donors (Lipinski definition) is 3. The number of carbonyl (C=O) groups excluding carboxylic acids is 1. The number of rotatable bonds is 8. The van der Waals surface area contributed by atoms with Crippen molar-refractivity contribution in [3.05, 3.63) is 34.4 Å². The Morgan fingerprint density at radius 3 is 2.68 bits per heavy atom. The average Bonchev–Trinajstić information content (AvgIpc) is 2.88. The number of aliphatic carboxylic acids is 1. The number of hydrogen-bond acceptors (Lipinski definition) is 2. The zero-order chi connectivity index (χ0) is 15.9. The SMILES string of the molecule is O=C(O)CCCCCCNC(=O)c1cc2cc(Br)ccc2[nH]1. The van der Waals surface area contributed by atoms with E-state index in [0.717, 1.165) is 34.6 Å². The van der Waals surface area contributed by atoms with E-state index in [-0.39, 0.29) is 12.3 Å². The van der Waals surface area contributed by atoms with Gasteiger partial charge in [-0.25, -0.2) is 0 Å². The van der Waals surface area contributed by atoms with Crippen molar-refractivity contribution in [1.82, 2.24) is 10.3 Å². The highest BCUT2D eigenvalue weighted by Crippen LogP contribution is 2.20. The van der Waals surface area contributed by atoms with E-state index in [1.807, 2.05) is 24.3 Å². The molecule has 0 spiro atoms. The minimum atomic E-state index is -0.751. The van der Waals surface area contributed by atoms with Crippen molar-refractivity contribution >= 4 is 38.7 Å². The highest BCUT2D eigenvalue weighted by atomic mass is 79.9. The average molecular weight is 367 g/mol. The fourth-order valence-corrected chi connectivity index (χ4v) is 2.66. The molecule has 0 aliphatic rings. The molecule has 22 heavy (non-hydrogen) atoms. The van der Waals surface area contributed by atoms with Crippen molar-refractivity contribution in [2.45, 2.75) is 32.1 Å². The Labute approximate surface area is 137 Å². The summed E-state index contributed by atoms with van der Waals surface area (Å²) in [7, 11) is 0. The number of carboxylic acid groups (broad SMARTS) is 1. The predicted molar refractivity (Wildman–Crippen MR) is 89.1 cm³/mol. The Morgan fingerprint density at radius 1 is 1.14 bits per heavy atom. The molecule has 0 bridgehead atoms. The number of nitrogens with one attached hydrogen (secondary N) is 2. The van der Waals surface area contributed by atoms with E-state index >= 15 is 0 Å². The van der Waals surface area contributed by atoms with Gasteiger partial charge in [0.2, 0.25) is 0 Å². The molecule has 0 saturated heterocycles. The molecule has 0 aliphatic heterocycles. The Bertz CT molecular complexity index is 666. The first kappa shape index (κ1) is 16.5. The third kappa shape index (κ3) is 4.87. The standard InChI is InChI=1S/C16H19BrN2O3/c17-12-6-7-13-11(9-12)10-14(19-13)16(22)18-8-4-2-1-3-5-15(20)21/h6-7,9-10,19H,1-5,8H2,(H,18,22)(H,20,21). The van der Waals surface area contributed by atoms with Crippen LogP contribution in [0.15, 0.2) is 28.7 Å². The van der Waals surface area contributed by atoms with E-state index in [1.54, 1.807) is 0 Å². The molecule has 1 aromatic heterocycles. The van der Waals surface area contributed by atoms with E-state index in [9.17, 15) is 9.59 Å². The lowest BCUT2D eigenvalue weighted by atomic mass is 10.1. The molecule has 0 saturated carbocycles. The number of aromatic nitrogens is 1. The number of fused-ring (bicyclic) bond motifs is 1. The van der Waals surface area contributed by atoms with Gasteiger partial charge in [0, 0.05) is 28.3 Å². The molecule has 0 radical (unpaired) electrons. The molecule has 118 valence electrons. The second-order valence-electron chi connectivity index (χ2n) is 5.23. The minimum absolute atomic E-state index is 0.113. The van der Waals surface area contributed by atoms with E-state index in [2.05, 4.69) is 26.2 Å². The summed E-state index contributed by atoms with van der Waals surface area (Å²) in [6.45, 7) is 0.602. The molecule has 0 unspecified atom stereocenters. The molecular weight excluding hydrogens is 348 g/mol. The van der Waals surface area contributed by atoms with Crippen LogP contribution in [-0.2, 0) is 4.79 Å². The van der Waals surface area contributed by atoms with Gasteiger partial charge in [-0.05, 0) is 37.1 Å². The van der Waals surface area contributed by atoms with Crippen LogP contribution in [0.2, 0.25) is 0 Å². The van der Waals surface area contributed by atoms with Crippen LogP contribution in [0.25, 0.3) is 10.9 Å². The fraction of sp³-hybridized carbons (Fsp3) is 0.375. The largest absolute Gasteiger partial charge is 0.481 e. The van der Waals surface area contributed by atoms with Gasteiger partial charge in [0.1, 0.15) is 5.69 Å². The van der Waals surface area contributed by atoms with Crippen molar-refractivity contribution in [2.24, 2.45) is 0 Å². The number of carbonyl (C=O) groups is 2. The van der Waals surface area contributed by atoms with E-state index in [1.165, 1.54) is 0 Å². The predicted octanol–water partition coefficient (Wildman–Crippen LogP) is 3.70. The van der Waals surface area contributed by atoms with Crippen LogP contribution in [0, 0.1) is 0 Å². The Balaban J connectivity index is 1.73. The quantitative estimate of drug-likeness (QED) is 0.623. The van der Waals surface area contributed by atoms with Crippen molar-refractivity contribution in [3.8, 4) is 0 Å². The molecule has 1 heterocycles. The molecule has 6 heteroatoms. The minimum Gasteiger partial charge on any atom is -0.481 e. The smallest absolute Gasteiger partial charge is 0.303 e. The summed E-state index contributed by atoms with van der Waals surface area (Å²) in [5, 5.41) is 12.4. The number of unbranched alkanes of at least 4 members (excludes halogenated alkanes) is 3. The van der Waals surface area contributed by atoms with Gasteiger partial charge in [0.25, 0.3) is 5.91 Å². The summed E-state index contributed by atoms with van der Waals surface area (Å²) in [4.78, 5) is 25.5. The van der Waals surface area contributed by atoms with Crippen LogP contribution >= 0.6 is 15.9 Å². The Hall–Kier alpha value is -1.82. The Morgan fingerprint density at radius 2 is 1.91 bits per heavy atom. The number of halogens is 1. The first-order valence-electron chi connectivity index (χ1n) is 7.34. The summed E-state index contributed by atoms with van der Waals surface area (Å²) < 4.78 is 0.979. The van der Waals surface area contributed by atoms with Gasteiger partial charge in [-0.3, -0.25) is 9.59 Å². The lowest BCUT2D eigenvalue weighted by Gasteiger charge is -2.03. The van der Waals surface area contributed by atoms with E-state index in [4.69, 9.17) is 5.11 Å². The van der Waals surface area contributed by atoms with E-state index in [0.29, 0.717) is 18.7 Å². The van der Waals surface area contributed by atoms with Crippen LogP contribution < -0.4 is 5.32 Å². The first-order valence-corrected chi connectivity index (χ1v) is 8.14. The monoisotopic (exact) mass is 366 g/mol. The molecular formula is C16H19BrN2O3. The van der Waals surface area contributed by atoms with Crippen molar-refractivity contribution in [2.75, 3.05) is 6.54 Å². The van der Waals surface area contributed by atoms with Gasteiger partial charge in [0.05, 0.1) is 0 Å². The van der Waals surface area contributed by atoms with Crippen molar-refractivity contribution in [1.29, 1.82) is 0 Å². The molecule has 2 rings (SSSR count). The van der Waals surface area contributed by atoms with Gasteiger partial charge in [-0.1, -0.05) is 28.8 Å². The topological polar surface area (TPSA) is 82.2 Å². The fourth-order valence-electron chi connectivity index (χ4n) is 2.28. The van der Waals surface area contributed by atoms with Crippen LogP contribution in [0.5, 0.6) is 0 Å². The third-order valence-electron chi connectivity index (χ3n) is 3.43. The van der Waals surface area contributed by atoms with E-state index < -0.39 is 5.97 Å². The summed E-state index contributed by atoms with van der Waals surface area (Å²) in [5.41, 5.74) is 1.49. The maximum atomic E-state index is 12.0. The number of amides is 1. The highest BCUT2D eigenvalue weighted by molar-refractivity contribution is 9.10. The van der Waals surface area contributed by atoms with Gasteiger partial charge in [-0.2, -0.15) is 0 Å². The lowest BCUT2D eigenvalue weighted by molar-refractivity contribution is -0.137. The van der Waals surface area contributed by atoms with Gasteiger partial charge in [0.15, 0.2) is 0 Å². The number of carboxylic acids is 1. The van der Waals surface area contributed by atoms with Crippen LogP contribution in [0.4, 0.5) is 0 Å². The van der Waals surface area contributed by atoms with Gasteiger partial charge >= 0.3 is 5.97 Å². The summed E-state index contributed by atoms with van der Waals surface area (Å²) in [6.07, 6.45) is 3.57. The third-order valence-corrected chi connectivity index (χ3v) is 3.92. The van der Waals surface area contributed by atoms with Crippen molar-refractivity contribution < 1.29 is 14.7 Å². The van der Waals surface area contributed by atoms with Crippen LogP contribution in [0.3, 0.4) is 0 Å². The number of H-pyrrole nitrogens is 1. The molecule has 0 aliphatic carbocycles. The van der Waals surface area contributed by atoms with Crippen LogP contribution in [0.1, 0.15) is 42.6 Å². The molecule has 1 amide bonds. The molecule has 1 aromatic carbocycles. The van der Waals surface area contributed by atoms with Crippen LogP contribution in [-0.4, -0.2) is 28.5 Å². The normalized spacial score (nSPS) is 10.8. The zero-order valence-electron chi connectivity index (χ0n) is 12.2. The second-order valence-corrected chi connectivity index (χ2v) is 6.14. The van der Waals surface area contributed by atoms with Crippen molar-refractivity contribution in [3.63, 3.8) is 0 Å². The number of benzene rings is 1. The summed E-state index contributed by atoms with van der Waals surface area (Å²) in [5.74, 6) is -0.864. The molecule has 0 atom stereocenters. The maximum absolute atomic E-state index is 12.0. The second kappa shape index (κ2) is 7.98. The summed E-state index contributed by atoms with van der Waals surface area (Å²) >= 11 is 3.41. The lowest BCUT2D eigenvalue weighted by Crippen LogP contribution is -2.24. The van der Waals surface area contributed by atoms with Gasteiger partial charge in [-0.15, -0.1) is 0 Å². The van der Waals surface area contributed by atoms with Gasteiger partial charge < -0.3 is 15.4 Å². The first-order chi connectivity index (χ1) is 10.6. The molecule has 0 fully saturated rings. The maximum Gasteiger partial charge on any atom is 0.303 e. The molecule has 3 N–H and O–H groups in total. The Kier molecular flexibility index (Phi) is 6.00. The summed E-state index contributed by atoms with van der Waals surface area (Å²) in [6, 6.07) is 7.66. The zero-order valence-corrected chi connectivity index (χ0v) is 13.8. The highest BCUT2D eigenvalue weighted by Gasteiger charge is 2.09. The number of aromatic amines is 1.